The van der Waals surface area contributed by atoms with Crippen LogP contribution in [0.25, 0.3) is 0 Å². The van der Waals surface area contributed by atoms with E-state index in [0.717, 1.165) is 10.0 Å². The van der Waals surface area contributed by atoms with Crippen molar-refractivity contribution in [2.45, 2.75) is 32.2 Å². The molecule has 0 bridgehead atoms. The van der Waals surface area contributed by atoms with Gasteiger partial charge in [-0.2, -0.15) is 0 Å². The molecule has 0 aliphatic heterocycles. The number of carboxylic acids is 1. The van der Waals surface area contributed by atoms with Crippen LogP contribution in [0.15, 0.2) is 28.7 Å². The first-order chi connectivity index (χ1) is 8.40. The summed E-state index contributed by atoms with van der Waals surface area (Å²) in [6.45, 7) is 3.48. The highest BCUT2D eigenvalue weighted by atomic mass is 79.9. The molecule has 1 rings (SSSR count). The van der Waals surface area contributed by atoms with Crippen molar-refractivity contribution < 1.29 is 14.7 Å². The van der Waals surface area contributed by atoms with Gasteiger partial charge in [-0.15, -0.1) is 0 Å². The minimum Gasteiger partial charge on any atom is -0.481 e. The van der Waals surface area contributed by atoms with E-state index in [2.05, 4.69) is 21.2 Å². The number of aliphatic carboxylic acids is 1. The molecule has 0 aliphatic rings. The monoisotopic (exact) mass is 313 g/mol. The molecule has 0 aromatic heterocycles. The van der Waals surface area contributed by atoms with Crippen molar-refractivity contribution in [3.8, 4) is 0 Å². The highest BCUT2D eigenvalue weighted by Gasteiger charge is 2.18. The highest BCUT2D eigenvalue weighted by Crippen LogP contribution is 2.18. The lowest BCUT2D eigenvalue weighted by Crippen LogP contribution is -2.36. The van der Waals surface area contributed by atoms with Gasteiger partial charge in [0.05, 0.1) is 12.3 Å². The third-order valence-electron chi connectivity index (χ3n) is 2.63. The molecule has 0 fully saturated rings. The first-order valence-corrected chi connectivity index (χ1v) is 6.47. The zero-order valence-corrected chi connectivity index (χ0v) is 11.9. The van der Waals surface area contributed by atoms with Gasteiger partial charge < -0.3 is 10.4 Å². The second-order valence-electron chi connectivity index (χ2n) is 4.28. The van der Waals surface area contributed by atoms with E-state index in [1.807, 2.05) is 24.3 Å². The van der Waals surface area contributed by atoms with Crippen LogP contribution in [0.3, 0.4) is 0 Å². The zero-order valence-electron chi connectivity index (χ0n) is 10.3. The summed E-state index contributed by atoms with van der Waals surface area (Å²) in [6.07, 6.45) is -0.0706. The fourth-order valence-electron chi connectivity index (χ4n) is 1.58. The lowest BCUT2D eigenvalue weighted by Gasteiger charge is -2.16. The molecule has 0 radical (unpaired) electrons. The van der Waals surface area contributed by atoms with Crippen molar-refractivity contribution in [3.05, 3.63) is 34.3 Å². The average Bonchev–Trinajstić information content (AvgIpc) is 2.27. The summed E-state index contributed by atoms with van der Waals surface area (Å²) in [7, 11) is 0. The Morgan fingerprint density at radius 1 is 1.28 bits per heavy atom. The van der Waals surface area contributed by atoms with Gasteiger partial charge in [-0.1, -0.05) is 28.1 Å². The van der Waals surface area contributed by atoms with Gasteiger partial charge in [0.15, 0.2) is 0 Å². The van der Waals surface area contributed by atoms with E-state index in [1.54, 1.807) is 13.8 Å². The van der Waals surface area contributed by atoms with Crippen molar-refractivity contribution in [3.63, 3.8) is 0 Å². The number of hydrogen-bond donors (Lipinski definition) is 2. The third-order valence-corrected chi connectivity index (χ3v) is 3.16. The number of carbonyl (C=O) groups excluding carboxylic acids is 1. The predicted octanol–water partition coefficient (Wildman–Crippen LogP) is 2.53. The molecule has 2 atom stereocenters. The van der Waals surface area contributed by atoms with Crippen molar-refractivity contribution in [1.82, 2.24) is 5.32 Å². The Morgan fingerprint density at radius 3 is 2.33 bits per heavy atom. The molecule has 0 spiro atoms. The largest absolute Gasteiger partial charge is 0.481 e. The molecule has 98 valence electrons. The van der Waals surface area contributed by atoms with Gasteiger partial charge in [0.1, 0.15) is 0 Å². The Balaban J connectivity index is 2.61. The molecule has 2 N–H and O–H groups in total. The van der Waals surface area contributed by atoms with Crippen LogP contribution in [0.5, 0.6) is 0 Å². The van der Waals surface area contributed by atoms with Crippen LogP contribution in [-0.2, 0) is 9.59 Å². The highest BCUT2D eigenvalue weighted by molar-refractivity contribution is 9.10. The zero-order chi connectivity index (χ0) is 13.7. The molecular weight excluding hydrogens is 298 g/mol. The number of carboxylic acid groups (broad SMARTS) is 1. The standard InChI is InChI=1S/C13H16BrNO3/c1-8(7-12(16)17)15-13(18)9(2)10-3-5-11(14)6-4-10/h3-6,8-9H,7H2,1-2H3,(H,15,18)(H,16,17). The van der Waals surface area contributed by atoms with E-state index in [9.17, 15) is 9.59 Å². The summed E-state index contributed by atoms with van der Waals surface area (Å²) in [5, 5.41) is 11.3. The van der Waals surface area contributed by atoms with Gasteiger partial charge in [-0.25, -0.2) is 0 Å². The molecule has 2 unspecified atom stereocenters. The topological polar surface area (TPSA) is 66.4 Å². The molecule has 18 heavy (non-hydrogen) atoms. The fraction of sp³-hybridized carbons (Fsp3) is 0.385. The summed E-state index contributed by atoms with van der Waals surface area (Å²) < 4.78 is 0.957. The van der Waals surface area contributed by atoms with Crippen molar-refractivity contribution in [2.75, 3.05) is 0 Å². The van der Waals surface area contributed by atoms with E-state index in [-0.39, 0.29) is 24.3 Å². The molecule has 5 heteroatoms. The van der Waals surface area contributed by atoms with Crippen LogP contribution in [0.1, 0.15) is 31.7 Å². The molecule has 0 heterocycles. The summed E-state index contributed by atoms with van der Waals surface area (Å²) in [5.74, 6) is -1.38. The maximum absolute atomic E-state index is 11.9. The first kappa shape index (κ1) is 14.7. The molecule has 0 saturated heterocycles. The van der Waals surface area contributed by atoms with E-state index in [1.165, 1.54) is 0 Å². The second kappa shape index (κ2) is 6.54. The lowest BCUT2D eigenvalue weighted by molar-refractivity contribution is -0.137. The molecule has 1 aromatic rings. The van der Waals surface area contributed by atoms with Crippen molar-refractivity contribution in [2.24, 2.45) is 0 Å². The Labute approximate surface area is 115 Å². The number of rotatable bonds is 5. The van der Waals surface area contributed by atoms with E-state index >= 15 is 0 Å². The smallest absolute Gasteiger partial charge is 0.305 e. The number of benzene rings is 1. The van der Waals surface area contributed by atoms with Crippen molar-refractivity contribution >= 4 is 27.8 Å². The summed E-state index contributed by atoms with van der Waals surface area (Å²) in [6, 6.07) is 7.12. The van der Waals surface area contributed by atoms with Crippen LogP contribution in [0.4, 0.5) is 0 Å². The van der Waals surface area contributed by atoms with E-state index < -0.39 is 5.97 Å². The normalized spacial score (nSPS) is 13.7. The van der Waals surface area contributed by atoms with Crippen LogP contribution >= 0.6 is 15.9 Å². The Morgan fingerprint density at radius 2 is 1.83 bits per heavy atom. The van der Waals surface area contributed by atoms with Crippen LogP contribution in [0, 0.1) is 0 Å². The first-order valence-electron chi connectivity index (χ1n) is 5.67. The Hall–Kier alpha value is -1.36. The summed E-state index contributed by atoms with van der Waals surface area (Å²) in [4.78, 5) is 22.4. The van der Waals surface area contributed by atoms with E-state index in [0.29, 0.717) is 0 Å². The van der Waals surface area contributed by atoms with Crippen LogP contribution in [0.2, 0.25) is 0 Å². The van der Waals surface area contributed by atoms with Crippen LogP contribution in [-0.4, -0.2) is 23.0 Å². The van der Waals surface area contributed by atoms with Gasteiger partial charge in [0.25, 0.3) is 0 Å². The summed E-state index contributed by atoms with van der Waals surface area (Å²) in [5.41, 5.74) is 0.901. The van der Waals surface area contributed by atoms with Gasteiger partial charge >= 0.3 is 5.97 Å². The molecule has 1 amide bonds. The molecule has 4 nitrogen and oxygen atoms in total. The van der Waals surface area contributed by atoms with Gasteiger partial charge in [-0.3, -0.25) is 9.59 Å². The molecular formula is C13H16BrNO3. The third kappa shape index (κ3) is 4.49. The van der Waals surface area contributed by atoms with Gasteiger partial charge in [0.2, 0.25) is 5.91 Å². The average molecular weight is 314 g/mol. The predicted molar refractivity (Wildman–Crippen MR) is 72.4 cm³/mol. The van der Waals surface area contributed by atoms with Crippen molar-refractivity contribution in [1.29, 1.82) is 0 Å². The van der Waals surface area contributed by atoms with E-state index in [4.69, 9.17) is 5.11 Å². The van der Waals surface area contributed by atoms with Gasteiger partial charge in [0, 0.05) is 10.5 Å². The fourth-order valence-corrected chi connectivity index (χ4v) is 1.85. The number of nitrogens with one attached hydrogen (secondary N) is 1. The minimum atomic E-state index is -0.918. The maximum atomic E-state index is 11.9. The van der Waals surface area contributed by atoms with Crippen LogP contribution < -0.4 is 5.32 Å². The minimum absolute atomic E-state index is 0.0706. The Kier molecular flexibility index (Phi) is 5.34. The SMILES string of the molecule is CC(CC(=O)O)NC(=O)C(C)c1ccc(Br)cc1. The second-order valence-corrected chi connectivity index (χ2v) is 5.20. The quantitative estimate of drug-likeness (QED) is 0.878. The number of halogens is 1. The maximum Gasteiger partial charge on any atom is 0.305 e. The lowest BCUT2D eigenvalue weighted by atomic mass is 10.00. The molecule has 0 saturated carbocycles. The van der Waals surface area contributed by atoms with Gasteiger partial charge in [-0.05, 0) is 31.5 Å². The Bertz CT molecular complexity index is 430. The number of amides is 1. The number of carbonyl (C=O) groups is 2. The molecule has 0 aliphatic carbocycles. The molecule has 1 aromatic carbocycles. The summed E-state index contributed by atoms with van der Waals surface area (Å²) >= 11 is 3.33. The number of hydrogen-bond acceptors (Lipinski definition) is 2.